The number of carboxylic acid groups (broad SMARTS) is 1. The minimum absolute atomic E-state index is 0.540. The van der Waals surface area contributed by atoms with Crippen LogP contribution in [-0.4, -0.2) is 16.6 Å². The summed E-state index contributed by atoms with van der Waals surface area (Å²) in [6.07, 6.45) is 1.53. The lowest BCUT2D eigenvalue weighted by molar-refractivity contribution is -0.141. The molecule has 1 atom stereocenters. The standard InChI is InChI=1S/C13H19NO2/c1-4-10-6-8-11(9-7-10)14-13(3,5-2)12(15)16/h6-9,14H,4-5H2,1-3H3,(H,15,16). The molecule has 0 heterocycles. The largest absolute Gasteiger partial charge is 0.480 e. The summed E-state index contributed by atoms with van der Waals surface area (Å²) in [6, 6.07) is 7.88. The van der Waals surface area contributed by atoms with E-state index < -0.39 is 11.5 Å². The summed E-state index contributed by atoms with van der Waals surface area (Å²) in [6.45, 7) is 5.65. The molecule has 0 radical (unpaired) electrons. The highest BCUT2D eigenvalue weighted by atomic mass is 16.4. The zero-order chi connectivity index (χ0) is 12.2. The lowest BCUT2D eigenvalue weighted by Gasteiger charge is -2.26. The van der Waals surface area contributed by atoms with Crippen LogP contribution in [0.25, 0.3) is 0 Å². The van der Waals surface area contributed by atoms with Crippen LogP contribution in [0.15, 0.2) is 24.3 Å². The monoisotopic (exact) mass is 221 g/mol. The van der Waals surface area contributed by atoms with Gasteiger partial charge < -0.3 is 10.4 Å². The Morgan fingerprint density at radius 1 is 1.31 bits per heavy atom. The lowest BCUT2D eigenvalue weighted by Crippen LogP contribution is -2.42. The molecular weight excluding hydrogens is 202 g/mol. The Bertz CT molecular complexity index is 359. The van der Waals surface area contributed by atoms with Crippen molar-refractivity contribution in [2.45, 2.75) is 39.2 Å². The third kappa shape index (κ3) is 2.75. The van der Waals surface area contributed by atoms with Crippen molar-refractivity contribution in [1.29, 1.82) is 0 Å². The maximum Gasteiger partial charge on any atom is 0.329 e. The summed E-state index contributed by atoms with van der Waals surface area (Å²) in [4.78, 5) is 11.1. The summed E-state index contributed by atoms with van der Waals surface area (Å²) < 4.78 is 0. The van der Waals surface area contributed by atoms with Gasteiger partial charge in [0.2, 0.25) is 0 Å². The molecule has 3 heteroatoms. The predicted octanol–water partition coefficient (Wildman–Crippen LogP) is 2.91. The molecular formula is C13H19NO2. The molecule has 16 heavy (non-hydrogen) atoms. The SMILES string of the molecule is CCc1ccc(NC(C)(CC)C(=O)O)cc1. The first kappa shape index (κ1) is 12.6. The van der Waals surface area contributed by atoms with Crippen molar-refractivity contribution in [2.75, 3.05) is 5.32 Å². The third-order valence-corrected chi connectivity index (χ3v) is 2.96. The molecule has 1 unspecified atom stereocenters. The molecule has 0 saturated carbocycles. The summed E-state index contributed by atoms with van der Waals surface area (Å²) in [5, 5.41) is 12.2. The molecule has 2 N–H and O–H groups in total. The number of aryl methyl sites for hydroxylation is 1. The number of hydrogen-bond donors (Lipinski definition) is 2. The van der Waals surface area contributed by atoms with E-state index in [2.05, 4.69) is 12.2 Å². The van der Waals surface area contributed by atoms with E-state index in [1.54, 1.807) is 6.92 Å². The van der Waals surface area contributed by atoms with Crippen LogP contribution in [0.3, 0.4) is 0 Å². The maximum atomic E-state index is 11.1. The Labute approximate surface area is 96.5 Å². The zero-order valence-corrected chi connectivity index (χ0v) is 10.1. The number of carbonyl (C=O) groups is 1. The van der Waals surface area contributed by atoms with Gasteiger partial charge in [0, 0.05) is 5.69 Å². The molecule has 0 saturated heterocycles. The molecule has 88 valence electrons. The summed E-state index contributed by atoms with van der Waals surface area (Å²) >= 11 is 0. The van der Waals surface area contributed by atoms with Crippen molar-refractivity contribution in [2.24, 2.45) is 0 Å². The Hall–Kier alpha value is -1.51. The first-order valence-electron chi connectivity index (χ1n) is 5.62. The molecule has 0 aliphatic rings. The van der Waals surface area contributed by atoms with E-state index in [1.807, 2.05) is 31.2 Å². The first-order valence-corrected chi connectivity index (χ1v) is 5.62. The Balaban J connectivity index is 2.82. The fraction of sp³-hybridized carbons (Fsp3) is 0.462. The van der Waals surface area contributed by atoms with E-state index in [-0.39, 0.29) is 0 Å². The van der Waals surface area contributed by atoms with E-state index in [4.69, 9.17) is 5.11 Å². The number of rotatable bonds is 5. The van der Waals surface area contributed by atoms with Crippen molar-refractivity contribution in [3.8, 4) is 0 Å². The van der Waals surface area contributed by atoms with Gasteiger partial charge in [-0.2, -0.15) is 0 Å². The van der Waals surface area contributed by atoms with Crippen LogP contribution in [0.4, 0.5) is 5.69 Å². The molecule has 0 aromatic heterocycles. The van der Waals surface area contributed by atoms with Gasteiger partial charge in [0.15, 0.2) is 0 Å². The van der Waals surface area contributed by atoms with Gasteiger partial charge in [-0.25, -0.2) is 4.79 Å². The molecule has 0 aliphatic heterocycles. The fourth-order valence-electron chi connectivity index (χ4n) is 1.44. The quantitative estimate of drug-likeness (QED) is 0.803. The Morgan fingerprint density at radius 3 is 2.25 bits per heavy atom. The molecule has 0 fully saturated rings. The highest BCUT2D eigenvalue weighted by Gasteiger charge is 2.30. The second kappa shape index (κ2) is 5.01. The number of hydrogen-bond acceptors (Lipinski definition) is 2. The minimum Gasteiger partial charge on any atom is -0.480 e. The van der Waals surface area contributed by atoms with E-state index in [9.17, 15) is 4.79 Å². The second-order valence-corrected chi connectivity index (χ2v) is 4.17. The number of aliphatic carboxylic acids is 1. The number of nitrogens with one attached hydrogen (secondary N) is 1. The third-order valence-electron chi connectivity index (χ3n) is 2.96. The van der Waals surface area contributed by atoms with Crippen LogP contribution < -0.4 is 5.32 Å². The number of anilines is 1. The van der Waals surface area contributed by atoms with Gasteiger partial charge in [-0.1, -0.05) is 26.0 Å². The zero-order valence-electron chi connectivity index (χ0n) is 10.1. The molecule has 0 bridgehead atoms. The van der Waals surface area contributed by atoms with Gasteiger partial charge in [0.1, 0.15) is 5.54 Å². The Kier molecular flexibility index (Phi) is 3.93. The minimum atomic E-state index is -0.895. The van der Waals surface area contributed by atoms with Crippen molar-refractivity contribution in [3.63, 3.8) is 0 Å². The van der Waals surface area contributed by atoms with Gasteiger partial charge in [-0.3, -0.25) is 0 Å². The van der Waals surface area contributed by atoms with Crippen LogP contribution in [0.1, 0.15) is 32.8 Å². The van der Waals surface area contributed by atoms with E-state index in [1.165, 1.54) is 5.56 Å². The van der Waals surface area contributed by atoms with Crippen LogP contribution in [0, 0.1) is 0 Å². The number of benzene rings is 1. The van der Waals surface area contributed by atoms with Crippen LogP contribution in [0.5, 0.6) is 0 Å². The highest BCUT2D eigenvalue weighted by molar-refractivity contribution is 5.82. The van der Waals surface area contributed by atoms with E-state index in [0.717, 1.165) is 12.1 Å². The van der Waals surface area contributed by atoms with Crippen molar-refractivity contribution in [1.82, 2.24) is 0 Å². The van der Waals surface area contributed by atoms with Gasteiger partial charge in [0.05, 0.1) is 0 Å². The lowest BCUT2D eigenvalue weighted by atomic mass is 9.98. The van der Waals surface area contributed by atoms with Gasteiger partial charge >= 0.3 is 5.97 Å². The average Bonchev–Trinajstić information content (AvgIpc) is 2.29. The maximum absolute atomic E-state index is 11.1. The second-order valence-electron chi connectivity index (χ2n) is 4.17. The van der Waals surface area contributed by atoms with Crippen molar-refractivity contribution < 1.29 is 9.90 Å². The van der Waals surface area contributed by atoms with Crippen molar-refractivity contribution in [3.05, 3.63) is 29.8 Å². The summed E-state index contributed by atoms with van der Waals surface area (Å²) in [7, 11) is 0. The normalized spacial score (nSPS) is 14.2. The van der Waals surface area contributed by atoms with Gasteiger partial charge in [0.25, 0.3) is 0 Å². The summed E-state index contributed by atoms with van der Waals surface area (Å²) in [5.74, 6) is -0.824. The molecule has 0 aliphatic carbocycles. The highest BCUT2D eigenvalue weighted by Crippen LogP contribution is 2.19. The average molecular weight is 221 g/mol. The predicted molar refractivity (Wildman–Crippen MR) is 65.8 cm³/mol. The smallest absolute Gasteiger partial charge is 0.329 e. The van der Waals surface area contributed by atoms with Gasteiger partial charge in [-0.15, -0.1) is 0 Å². The fourth-order valence-corrected chi connectivity index (χ4v) is 1.44. The molecule has 1 rings (SSSR count). The molecule has 1 aromatic carbocycles. The molecule has 0 amide bonds. The molecule has 0 spiro atoms. The van der Waals surface area contributed by atoms with Crippen molar-refractivity contribution >= 4 is 11.7 Å². The number of carboxylic acids is 1. The van der Waals surface area contributed by atoms with Crippen LogP contribution in [-0.2, 0) is 11.2 Å². The molecule has 1 aromatic rings. The van der Waals surface area contributed by atoms with Gasteiger partial charge in [-0.05, 0) is 37.5 Å². The first-order chi connectivity index (χ1) is 7.51. The Morgan fingerprint density at radius 2 is 1.88 bits per heavy atom. The van der Waals surface area contributed by atoms with E-state index in [0.29, 0.717) is 6.42 Å². The summed E-state index contributed by atoms with van der Waals surface area (Å²) in [5.41, 5.74) is 1.20. The topological polar surface area (TPSA) is 49.3 Å². The van der Waals surface area contributed by atoms with Crippen LogP contribution >= 0.6 is 0 Å². The molecule has 3 nitrogen and oxygen atoms in total. The van der Waals surface area contributed by atoms with E-state index >= 15 is 0 Å². The van der Waals surface area contributed by atoms with Crippen LogP contribution in [0.2, 0.25) is 0 Å².